The van der Waals surface area contributed by atoms with Gasteiger partial charge in [0.15, 0.2) is 12.2 Å². The molecule has 1 aliphatic rings. The maximum Gasteiger partial charge on any atom is 0.181 e. The number of aromatic nitrogens is 1. The van der Waals surface area contributed by atoms with Crippen molar-refractivity contribution in [2.45, 2.75) is 24.9 Å². The summed E-state index contributed by atoms with van der Waals surface area (Å²) in [6, 6.07) is 8.46. The van der Waals surface area contributed by atoms with E-state index in [1.165, 1.54) is 12.0 Å². The van der Waals surface area contributed by atoms with Crippen molar-refractivity contribution in [3.63, 3.8) is 0 Å². The van der Waals surface area contributed by atoms with Gasteiger partial charge in [-0.15, -0.1) is 0 Å². The summed E-state index contributed by atoms with van der Waals surface area (Å²) >= 11 is 0. The topological polar surface area (TPSA) is 35.3 Å². The number of hydrogen-bond acceptors (Lipinski definition) is 3. The largest absolute Gasteiger partial charge is 0.491 e. The van der Waals surface area contributed by atoms with Gasteiger partial charge in [-0.05, 0) is 30.4 Å². The van der Waals surface area contributed by atoms with Gasteiger partial charge in [0.05, 0.1) is 12.3 Å². The number of hydrogen-bond donors (Lipinski definition) is 0. The Hall–Kier alpha value is -2.29. The van der Waals surface area contributed by atoms with Gasteiger partial charge in [-0.3, -0.25) is 0 Å². The van der Waals surface area contributed by atoms with Crippen LogP contribution in [0.15, 0.2) is 66.3 Å². The number of oxazole rings is 1. The van der Waals surface area contributed by atoms with Crippen molar-refractivity contribution >= 4 is 0 Å². The lowest BCUT2D eigenvalue weighted by atomic mass is 9.77. The Balaban J connectivity index is 1.60. The summed E-state index contributed by atoms with van der Waals surface area (Å²) in [6.07, 6.45) is 7.18. The third-order valence-electron chi connectivity index (χ3n) is 3.74. The van der Waals surface area contributed by atoms with Gasteiger partial charge >= 0.3 is 0 Å². The van der Waals surface area contributed by atoms with E-state index in [1.807, 2.05) is 0 Å². The molecule has 102 valence electrons. The van der Waals surface area contributed by atoms with Crippen LogP contribution in [0, 0.1) is 0 Å². The Morgan fingerprint density at radius 3 is 2.65 bits per heavy atom. The zero-order valence-electron chi connectivity index (χ0n) is 11.3. The second-order valence-corrected chi connectivity index (χ2v) is 5.07. The van der Waals surface area contributed by atoms with Gasteiger partial charge in [0, 0.05) is 5.56 Å². The molecule has 1 aliphatic carbocycles. The van der Waals surface area contributed by atoms with Crippen LogP contribution in [0.5, 0.6) is 0 Å². The zero-order chi connectivity index (χ0) is 13.9. The molecule has 0 aliphatic heterocycles. The van der Waals surface area contributed by atoms with E-state index >= 15 is 0 Å². The molecule has 0 atom stereocenters. The fourth-order valence-electron chi connectivity index (χ4n) is 2.47. The Kier molecular flexibility index (Phi) is 3.42. The van der Waals surface area contributed by atoms with E-state index in [2.05, 4.69) is 42.4 Å². The van der Waals surface area contributed by atoms with Crippen LogP contribution in [0.25, 0.3) is 11.3 Å². The molecule has 1 aromatic heterocycles. The third kappa shape index (κ3) is 2.52. The number of ether oxygens (including phenoxy) is 1. The van der Waals surface area contributed by atoms with Gasteiger partial charge in [0.2, 0.25) is 0 Å². The fraction of sp³-hybridized carbons (Fsp3) is 0.235. The maximum atomic E-state index is 5.63. The van der Waals surface area contributed by atoms with E-state index in [9.17, 15) is 0 Å². The summed E-state index contributed by atoms with van der Waals surface area (Å²) in [5, 5.41) is 0. The van der Waals surface area contributed by atoms with Gasteiger partial charge in [0.1, 0.15) is 5.76 Å². The molecule has 3 rings (SSSR count). The molecule has 0 spiro atoms. The number of benzene rings is 1. The van der Waals surface area contributed by atoms with E-state index in [0.29, 0.717) is 11.7 Å². The Bertz CT molecular complexity index is 592. The van der Waals surface area contributed by atoms with E-state index in [0.717, 1.165) is 24.2 Å². The van der Waals surface area contributed by atoms with Crippen LogP contribution >= 0.6 is 0 Å². The second-order valence-electron chi connectivity index (χ2n) is 5.07. The Morgan fingerprint density at radius 2 is 2.05 bits per heavy atom. The molecule has 3 nitrogen and oxygen atoms in total. The molecule has 20 heavy (non-hydrogen) atoms. The highest BCUT2D eigenvalue weighted by Crippen LogP contribution is 2.40. The first-order valence-electron chi connectivity index (χ1n) is 6.73. The molecular formula is C17H17NO2. The van der Waals surface area contributed by atoms with Gasteiger partial charge < -0.3 is 9.15 Å². The van der Waals surface area contributed by atoms with E-state index in [1.54, 1.807) is 12.3 Å². The normalized spacial score (nSPS) is 21.0. The van der Waals surface area contributed by atoms with E-state index in [-0.39, 0.29) is 6.10 Å². The van der Waals surface area contributed by atoms with Crippen molar-refractivity contribution in [3.8, 4) is 11.3 Å². The van der Waals surface area contributed by atoms with Crippen molar-refractivity contribution in [1.29, 1.82) is 0 Å². The Morgan fingerprint density at radius 1 is 1.30 bits per heavy atom. The monoisotopic (exact) mass is 267 g/mol. The predicted octanol–water partition coefficient (Wildman–Crippen LogP) is 4.30. The zero-order valence-corrected chi connectivity index (χ0v) is 11.3. The molecule has 0 N–H and O–H groups in total. The summed E-state index contributed by atoms with van der Waals surface area (Å²) in [5.74, 6) is 2.03. The second kappa shape index (κ2) is 5.37. The van der Waals surface area contributed by atoms with Crippen molar-refractivity contribution in [3.05, 3.63) is 67.4 Å². The molecule has 0 bridgehead atoms. The maximum absolute atomic E-state index is 5.63. The molecule has 0 unspecified atom stereocenters. The summed E-state index contributed by atoms with van der Waals surface area (Å²) in [6.45, 7) is 7.42. The lowest BCUT2D eigenvalue weighted by Gasteiger charge is -2.35. The molecule has 0 amide bonds. The minimum Gasteiger partial charge on any atom is -0.491 e. The summed E-state index contributed by atoms with van der Waals surface area (Å²) in [7, 11) is 0. The molecule has 1 saturated carbocycles. The molecule has 1 aromatic carbocycles. The number of rotatable bonds is 5. The summed E-state index contributed by atoms with van der Waals surface area (Å²) < 4.78 is 10.9. The van der Waals surface area contributed by atoms with Crippen molar-refractivity contribution < 1.29 is 9.15 Å². The van der Waals surface area contributed by atoms with Crippen LogP contribution in [0.2, 0.25) is 0 Å². The molecule has 1 fully saturated rings. The van der Waals surface area contributed by atoms with Crippen molar-refractivity contribution in [1.82, 2.24) is 4.98 Å². The first kappa shape index (κ1) is 12.7. The van der Waals surface area contributed by atoms with Crippen LogP contribution < -0.4 is 0 Å². The molecule has 0 saturated heterocycles. The lowest BCUT2D eigenvalue weighted by Crippen LogP contribution is -2.29. The fourth-order valence-corrected chi connectivity index (χ4v) is 2.47. The van der Waals surface area contributed by atoms with Crippen molar-refractivity contribution in [2.75, 3.05) is 0 Å². The lowest BCUT2D eigenvalue weighted by molar-refractivity contribution is 0.0433. The standard InChI is InChI=1S/C17H17NO2/c1-3-12(2)20-16-8-15(9-16)13-4-6-14(7-5-13)17-10-18-11-19-17/h3-7,10-11,15-16H,1-2,8-9H2/t15-,16+. The van der Waals surface area contributed by atoms with Gasteiger partial charge in [-0.1, -0.05) is 37.4 Å². The summed E-state index contributed by atoms with van der Waals surface area (Å²) in [4.78, 5) is 3.93. The average molecular weight is 267 g/mol. The van der Waals surface area contributed by atoms with Crippen LogP contribution in [0.4, 0.5) is 0 Å². The highest BCUT2D eigenvalue weighted by atomic mass is 16.5. The molecule has 2 aromatic rings. The molecule has 3 heteroatoms. The van der Waals surface area contributed by atoms with Crippen LogP contribution in [0.3, 0.4) is 0 Å². The predicted molar refractivity (Wildman–Crippen MR) is 78.1 cm³/mol. The number of allylic oxidation sites excluding steroid dienone is 1. The van der Waals surface area contributed by atoms with Gasteiger partial charge in [0.25, 0.3) is 0 Å². The Labute approximate surface area is 118 Å². The average Bonchev–Trinajstić information content (AvgIpc) is 2.96. The third-order valence-corrected chi connectivity index (χ3v) is 3.74. The SMILES string of the molecule is C=CC(=C)O[C@H]1C[C@@H](c2ccc(-c3cnco3)cc2)C1. The van der Waals surface area contributed by atoms with Crippen molar-refractivity contribution in [2.24, 2.45) is 0 Å². The molecule has 1 heterocycles. The highest BCUT2D eigenvalue weighted by Gasteiger charge is 2.31. The summed E-state index contributed by atoms with van der Waals surface area (Å²) in [5.41, 5.74) is 2.40. The van der Waals surface area contributed by atoms with Gasteiger partial charge in [-0.2, -0.15) is 0 Å². The van der Waals surface area contributed by atoms with Crippen LogP contribution in [-0.2, 0) is 4.74 Å². The highest BCUT2D eigenvalue weighted by molar-refractivity contribution is 5.56. The van der Waals surface area contributed by atoms with Gasteiger partial charge in [-0.25, -0.2) is 4.98 Å². The van der Waals surface area contributed by atoms with E-state index in [4.69, 9.17) is 9.15 Å². The van der Waals surface area contributed by atoms with Crippen LogP contribution in [0.1, 0.15) is 24.3 Å². The first-order chi connectivity index (χ1) is 9.76. The molecule has 0 radical (unpaired) electrons. The minimum absolute atomic E-state index is 0.277. The quantitative estimate of drug-likeness (QED) is 0.598. The minimum atomic E-state index is 0.277. The number of nitrogens with zero attached hydrogens (tertiary/aromatic N) is 1. The smallest absolute Gasteiger partial charge is 0.181 e. The van der Waals surface area contributed by atoms with E-state index < -0.39 is 0 Å². The first-order valence-corrected chi connectivity index (χ1v) is 6.73. The molecular weight excluding hydrogens is 250 g/mol. The van der Waals surface area contributed by atoms with Crippen LogP contribution in [-0.4, -0.2) is 11.1 Å².